The number of hydrogen-bond acceptors (Lipinski definition) is 2. The number of rotatable bonds is 5. The summed E-state index contributed by atoms with van der Waals surface area (Å²) in [4.78, 5) is 13.7. The highest BCUT2D eigenvalue weighted by Crippen LogP contribution is 2.38. The second kappa shape index (κ2) is 8.04. The lowest BCUT2D eigenvalue weighted by Gasteiger charge is -2.35. The molecule has 4 rings (SSSR count). The molecule has 0 saturated carbocycles. The third kappa shape index (κ3) is 4.04. The Morgan fingerprint density at radius 1 is 1.07 bits per heavy atom. The molecular weight excluding hydrogens is 358 g/mol. The normalized spacial score (nSPS) is 20.6. The summed E-state index contributed by atoms with van der Waals surface area (Å²) in [6, 6.07) is 15.5. The zero-order valence-electron chi connectivity index (χ0n) is 15.5. The summed E-state index contributed by atoms with van der Waals surface area (Å²) in [6.45, 7) is 1.80. The topological polar surface area (TPSA) is 40.5 Å². The SMILES string of the molecule is O=C(O)C1CCN(C2CCc3cc(CCc4ccccc4Cl)ccc32)CC1. The van der Waals surface area contributed by atoms with Crippen molar-refractivity contribution < 1.29 is 9.90 Å². The second-order valence-electron chi connectivity index (χ2n) is 7.83. The minimum Gasteiger partial charge on any atom is -0.481 e. The van der Waals surface area contributed by atoms with Gasteiger partial charge in [-0.2, -0.15) is 0 Å². The highest BCUT2D eigenvalue weighted by atomic mass is 35.5. The van der Waals surface area contributed by atoms with E-state index in [4.69, 9.17) is 11.6 Å². The summed E-state index contributed by atoms with van der Waals surface area (Å²) in [5.41, 5.74) is 5.50. The predicted octanol–water partition coefficient (Wildman–Crippen LogP) is 4.91. The van der Waals surface area contributed by atoms with Crippen LogP contribution in [0.15, 0.2) is 42.5 Å². The Hall–Kier alpha value is -1.84. The molecule has 0 amide bonds. The molecule has 1 aliphatic heterocycles. The van der Waals surface area contributed by atoms with Gasteiger partial charge in [-0.1, -0.05) is 48.0 Å². The summed E-state index contributed by atoms with van der Waals surface area (Å²) in [5.74, 6) is -0.793. The Labute approximate surface area is 166 Å². The van der Waals surface area contributed by atoms with E-state index >= 15 is 0 Å². The van der Waals surface area contributed by atoms with Crippen LogP contribution in [0.1, 0.15) is 47.6 Å². The van der Waals surface area contributed by atoms with Crippen LogP contribution in [0.5, 0.6) is 0 Å². The van der Waals surface area contributed by atoms with E-state index in [1.807, 2.05) is 18.2 Å². The highest BCUT2D eigenvalue weighted by molar-refractivity contribution is 6.31. The maximum atomic E-state index is 11.2. The van der Waals surface area contributed by atoms with Gasteiger partial charge >= 0.3 is 5.97 Å². The molecule has 0 aromatic heterocycles. The summed E-state index contributed by atoms with van der Waals surface area (Å²) < 4.78 is 0. The van der Waals surface area contributed by atoms with Crippen molar-refractivity contribution in [3.63, 3.8) is 0 Å². The average molecular weight is 384 g/mol. The monoisotopic (exact) mass is 383 g/mol. The van der Waals surface area contributed by atoms with Gasteiger partial charge in [0.2, 0.25) is 0 Å². The standard InChI is InChI=1S/C23H26ClNO2/c24-21-4-2-1-3-17(21)7-5-16-6-9-20-19(15-16)8-10-22(20)25-13-11-18(12-14-25)23(26)27/h1-4,6,9,15,18,22H,5,7-8,10-14H2,(H,26,27). The number of halogens is 1. The third-order valence-electron chi connectivity index (χ3n) is 6.21. The van der Waals surface area contributed by atoms with Crippen molar-refractivity contribution in [3.8, 4) is 0 Å². The lowest BCUT2D eigenvalue weighted by Crippen LogP contribution is -2.38. The van der Waals surface area contributed by atoms with Crippen molar-refractivity contribution in [2.45, 2.75) is 44.6 Å². The van der Waals surface area contributed by atoms with Crippen LogP contribution in [-0.4, -0.2) is 29.1 Å². The van der Waals surface area contributed by atoms with E-state index in [1.54, 1.807) is 0 Å². The first kappa shape index (κ1) is 18.5. The van der Waals surface area contributed by atoms with Crippen LogP contribution in [0.2, 0.25) is 5.02 Å². The van der Waals surface area contributed by atoms with E-state index < -0.39 is 5.97 Å². The van der Waals surface area contributed by atoms with Gasteiger partial charge in [-0.25, -0.2) is 0 Å². The largest absolute Gasteiger partial charge is 0.481 e. The van der Waals surface area contributed by atoms with Crippen molar-refractivity contribution in [2.24, 2.45) is 5.92 Å². The fraction of sp³-hybridized carbons (Fsp3) is 0.435. The molecule has 27 heavy (non-hydrogen) atoms. The van der Waals surface area contributed by atoms with Crippen molar-refractivity contribution in [1.82, 2.24) is 4.90 Å². The summed E-state index contributed by atoms with van der Waals surface area (Å²) in [5, 5.41) is 10.1. The third-order valence-corrected chi connectivity index (χ3v) is 6.58. The molecule has 4 heteroatoms. The molecule has 2 aromatic rings. The quantitative estimate of drug-likeness (QED) is 0.797. The summed E-state index contributed by atoms with van der Waals surface area (Å²) >= 11 is 6.28. The molecule has 0 spiro atoms. The van der Waals surface area contributed by atoms with Gasteiger partial charge in [-0.3, -0.25) is 9.69 Å². The molecule has 142 valence electrons. The highest BCUT2D eigenvalue weighted by Gasteiger charge is 2.32. The maximum Gasteiger partial charge on any atom is 0.306 e. The van der Waals surface area contributed by atoms with Crippen LogP contribution >= 0.6 is 11.6 Å². The number of carbonyl (C=O) groups is 1. The Bertz CT molecular complexity index is 827. The van der Waals surface area contributed by atoms with Crippen LogP contribution in [0.3, 0.4) is 0 Å². The Balaban J connectivity index is 1.40. The first-order valence-corrected chi connectivity index (χ1v) is 10.3. The van der Waals surface area contributed by atoms with Crippen LogP contribution in [0.4, 0.5) is 0 Å². The predicted molar refractivity (Wildman–Crippen MR) is 108 cm³/mol. The fourth-order valence-electron chi connectivity index (χ4n) is 4.62. The first-order chi connectivity index (χ1) is 13.1. The molecule has 1 atom stereocenters. The van der Waals surface area contributed by atoms with Gasteiger partial charge in [0.15, 0.2) is 0 Å². The van der Waals surface area contributed by atoms with Crippen molar-refractivity contribution in [1.29, 1.82) is 0 Å². The summed E-state index contributed by atoms with van der Waals surface area (Å²) in [6.07, 6.45) is 5.80. The average Bonchev–Trinajstić information content (AvgIpc) is 3.10. The molecule has 1 unspecified atom stereocenters. The van der Waals surface area contributed by atoms with Crippen LogP contribution in [-0.2, 0) is 24.1 Å². The molecule has 1 aliphatic carbocycles. The van der Waals surface area contributed by atoms with E-state index in [-0.39, 0.29) is 5.92 Å². The van der Waals surface area contributed by atoms with Gasteiger partial charge in [0.25, 0.3) is 0 Å². The fourth-order valence-corrected chi connectivity index (χ4v) is 4.85. The number of piperidine rings is 1. The number of aryl methyl sites for hydroxylation is 3. The van der Waals surface area contributed by atoms with Crippen LogP contribution in [0, 0.1) is 5.92 Å². The van der Waals surface area contributed by atoms with Gasteiger partial charge in [-0.15, -0.1) is 0 Å². The number of carboxylic acid groups (broad SMARTS) is 1. The van der Waals surface area contributed by atoms with Crippen molar-refractivity contribution in [3.05, 3.63) is 69.7 Å². The van der Waals surface area contributed by atoms with Gasteiger partial charge in [0.05, 0.1) is 5.92 Å². The number of aliphatic carboxylic acids is 1. The van der Waals surface area contributed by atoms with E-state index in [1.165, 1.54) is 22.3 Å². The molecule has 2 aliphatic rings. The van der Waals surface area contributed by atoms with Crippen molar-refractivity contribution >= 4 is 17.6 Å². The lowest BCUT2D eigenvalue weighted by molar-refractivity contribution is -0.143. The molecule has 1 heterocycles. The number of nitrogens with zero attached hydrogens (tertiary/aromatic N) is 1. The van der Waals surface area contributed by atoms with Crippen LogP contribution < -0.4 is 0 Å². The number of fused-ring (bicyclic) bond motifs is 1. The Kier molecular flexibility index (Phi) is 5.51. The molecule has 3 nitrogen and oxygen atoms in total. The molecule has 2 aromatic carbocycles. The minimum atomic E-state index is -0.635. The Morgan fingerprint density at radius 3 is 2.59 bits per heavy atom. The van der Waals surface area contributed by atoms with Crippen molar-refractivity contribution in [2.75, 3.05) is 13.1 Å². The lowest BCUT2D eigenvalue weighted by atomic mass is 9.94. The zero-order valence-corrected chi connectivity index (χ0v) is 16.3. The molecule has 1 saturated heterocycles. The smallest absolute Gasteiger partial charge is 0.306 e. The van der Waals surface area contributed by atoms with E-state index in [0.29, 0.717) is 6.04 Å². The first-order valence-electron chi connectivity index (χ1n) is 9.94. The van der Waals surface area contributed by atoms with Gasteiger partial charge in [0.1, 0.15) is 0 Å². The number of benzene rings is 2. The van der Waals surface area contributed by atoms with E-state index in [0.717, 1.165) is 56.6 Å². The molecule has 1 N–H and O–H groups in total. The Morgan fingerprint density at radius 2 is 1.85 bits per heavy atom. The van der Waals surface area contributed by atoms with E-state index in [9.17, 15) is 9.90 Å². The molecule has 0 radical (unpaired) electrons. The number of likely N-dealkylation sites (tertiary alicyclic amines) is 1. The minimum absolute atomic E-state index is 0.158. The second-order valence-corrected chi connectivity index (χ2v) is 8.23. The molecule has 1 fully saturated rings. The van der Waals surface area contributed by atoms with Crippen LogP contribution in [0.25, 0.3) is 0 Å². The number of hydrogen-bond donors (Lipinski definition) is 1. The zero-order chi connectivity index (χ0) is 18.8. The van der Waals surface area contributed by atoms with Gasteiger partial charge in [0, 0.05) is 11.1 Å². The maximum absolute atomic E-state index is 11.2. The molecule has 0 bridgehead atoms. The van der Waals surface area contributed by atoms with Gasteiger partial charge < -0.3 is 5.11 Å². The van der Waals surface area contributed by atoms with Gasteiger partial charge in [-0.05, 0) is 79.9 Å². The molecular formula is C23H26ClNO2. The number of carboxylic acids is 1. The summed E-state index contributed by atoms with van der Waals surface area (Å²) in [7, 11) is 0. The van der Waals surface area contributed by atoms with E-state index in [2.05, 4.69) is 29.2 Å².